The molecule has 0 spiro atoms. The second-order valence-electron chi connectivity index (χ2n) is 4.93. The summed E-state index contributed by atoms with van der Waals surface area (Å²) in [6, 6.07) is 10.6. The summed E-state index contributed by atoms with van der Waals surface area (Å²) in [5.74, 6) is 0.252. The standard InChI is InChI=1S/C16H18FNO4S/c1-12-3-8-15(16(11-12)21-2)18-23(19,20)10-9-22-14-6-4-13(17)5-7-14/h3-8,11,18H,9-10H2,1-2H3. The van der Waals surface area contributed by atoms with Crippen molar-refractivity contribution in [2.45, 2.75) is 6.92 Å². The van der Waals surface area contributed by atoms with Crippen molar-refractivity contribution in [3.05, 3.63) is 53.8 Å². The lowest BCUT2D eigenvalue weighted by molar-refractivity contribution is 0.340. The number of benzene rings is 2. The third-order valence-electron chi connectivity index (χ3n) is 3.06. The first-order valence-electron chi connectivity index (χ1n) is 6.93. The molecule has 0 radical (unpaired) electrons. The van der Waals surface area contributed by atoms with E-state index >= 15 is 0 Å². The van der Waals surface area contributed by atoms with Crippen molar-refractivity contribution in [1.29, 1.82) is 0 Å². The number of methoxy groups -OCH3 is 1. The molecule has 0 aromatic heterocycles. The van der Waals surface area contributed by atoms with Gasteiger partial charge < -0.3 is 9.47 Å². The van der Waals surface area contributed by atoms with E-state index < -0.39 is 10.0 Å². The molecule has 23 heavy (non-hydrogen) atoms. The van der Waals surface area contributed by atoms with Crippen molar-refractivity contribution in [3.63, 3.8) is 0 Å². The highest BCUT2D eigenvalue weighted by atomic mass is 32.2. The highest BCUT2D eigenvalue weighted by Crippen LogP contribution is 2.26. The molecule has 0 heterocycles. The minimum absolute atomic E-state index is 0.0465. The van der Waals surface area contributed by atoms with Crippen molar-refractivity contribution < 1.29 is 22.3 Å². The number of hydrogen-bond donors (Lipinski definition) is 1. The van der Waals surface area contributed by atoms with Crippen LogP contribution in [0, 0.1) is 12.7 Å². The van der Waals surface area contributed by atoms with Crippen molar-refractivity contribution in [2.24, 2.45) is 0 Å². The van der Waals surface area contributed by atoms with E-state index in [-0.39, 0.29) is 18.2 Å². The number of halogens is 1. The molecule has 2 aromatic rings. The van der Waals surface area contributed by atoms with Crippen LogP contribution in [0.3, 0.4) is 0 Å². The van der Waals surface area contributed by atoms with Gasteiger partial charge in [-0.05, 0) is 48.9 Å². The molecule has 2 aromatic carbocycles. The second-order valence-corrected chi connectivity index (χ2v) is 6.77. The number of hydrogen-bond acceptors (Lipinski definition) is 4. The molecular formula is C16H18FNO4S. The Morgan fingerprint density at radius 1 is 1.13 bits per heavy atom. The van der Waals surface area contributed by atoms with E-state index in [1.165, 1.54) is 31.4 Å². The summed E-state index contributed by atoms with van der Waals surface area (Å²) in [4.78, 5) is 0. The first-order valence-corrected chi connectivity index (χ1v) is 8.58. The normalized spacial score (nSPS) is 11.1. The van der Waals surface area contributed by atoms with Gasteiger partial charge in [-0.2, -0.15) is 0 Å². The van der Waals surface area contributed by atoms with Crippen LogP contribution >= 0.6 is 0 Å². The molecule has 2 rings (SSSR count). The van der Waals surface area contributed by atoms with Gasteiger partial charge in [0.05, 0.1) is 12.8 Å². The molecule has 5 nitrogen and oxygen atoms in total. The molecule has 0 aliphatic heterocycles. The van der Waals surface area contributed by atoms with Gasteiger partial charge in [-0.3, -0.25) is 4.72 Å². The van der Waals surface area contributed by atoms with Crippen LogP contribution in [-0.2, 0) is 10.0 Å². The summed E-state index contributed by atoms with van der Waals surface area (Å²) < 4.78 is 49.9. The first kappa shape index (κ1) is 17.1. The Morgan fingerprint density at radius 3 is 2.48 bits per heavy atom. The number of aryl methyl sites for hydroxylation is 1. The van der Waals surface area contributed by atoms with E-state index in [0.29, 0.717) is 17.2 Å². The minimum Gasteiger partial charge on any atom is -0.495 e. The molecule has 0 aliphatic rings. The predicted octanol–water partition coefficient (Wildman–Crippen LogP) is 2.96. The van der Waals surface area contributed by atoms with Gasteiger partial charge in [0.1, 0.15) is 29.7 Å². The zero-order valence-electron chi connectivity index (χ0n) is 12.9. The fraction of sp³-hybridized carbons (Fsp3) is 0.250. The van der Waals surface area contributed by atoms with Crippen LogP contribution < -0.4 is 14.2 Å². The first-order chi connectivity index (χ1) is 10.9. The summed E-state index contributed by atoms with van der Waals surface area (Å²) >= 11 is 0. The highest BCUT2D eigenvalue weighted by molar-refractivity contribution is 7.92. The highest BCUT2D eigenvalue weighted by Gasteiger charge is 2.14. The van der Waals surface area contributed by atoms with Crippen molar-refractivity contribution in [3.8, 4) is 11.5 Å². The number of rotatable bonds is 7. The number of ether oxygens (including phenoxy) is 2. The van der Waals surface area contributed by atoms with Gasteiger partial charge in [0.25, 0.3) is 0 Å². The molecule has 7 heteroatoms. The maximum Gasteiger partial charge on any atom is 0.236 e. The maximum atomic E-state index is 12.8. The van der Waals surface area contributed by atoms with E-state index in [2.05, 4.69) is 4.72 Å². The second kappa shape index (κ2) is 7.32. The molecule has 124 valence electrons. The topological polar surface area (TPSA) is 64.6 Å². The molecule has 0 saturated heterocycles. The lowest BCUT2D eigenvalue weighted by Gasteiger charge is -2.13. The third-order valence-corrected chi connectivity index (χ3v) is 4.29. The van der Waals surface area contributed by atoms with Crippen LogP contribution in [0.15, 0.2) is 42.5 Å². The Labute approximate surface area is 135 Å². The monoisotopic (exact) mass is 339 g/mol. The van der Waals surface area contributed by atoms with Crippen LogP contribution in [0.1, 0.15) is 5.56 Å². The zero-order chi connectivity index (χ0) is 16.9. The minimum atomic E-state index is -3.59. The van der Waals surface area contributed by atoms with Gasteiger partial charge in [-0.15, -0.1) is 0 Å². The van der Waals surface area contributed by atoms with Crippen LogP contribution in [0.5, 0.6) is 11.5 Å². The molecule has 1 N–H and O–H groups in total. The molecule has 0 aliphatic carbocycles. The fourth-order valence-corrected chi connectivity index (χ4v) is 2.81. The summed E-state index contributed by atoms with van der Waals surface area (Å²) in [6.07, 6.45) is 0. The third kappa shape index (κ3) is 5.14. The smallest absolute Gasteiger partial charge is 0.236 e. The molecule has 0 atom stereocenters. The van der Waals surface area contributed by atoms with Crippen LogP contribution in [0.2, 0.25) is 0 Å². The summed E-state index contributed by atoms with van der Waals surface area (Å²) in [6.45, 7) is 1.84. The van der Waals surface area contributed by atoms with E-state index in [0.717, 1.165) is 5.56 Å². The maximum absolute atomic E-state index is 12.8. The van der Waals surface area contributed by atoms with E-state index in [4.69, 9.17) is 9.47 Å². The summed E-state index contributed by atoms with van der Waals surface area (Å²) in [5, 5.41) is 0. The van der Waals surface area contributed by atoms with Crippen molar-refractivity contribution in [2.75, 3.05) is 24.2 Å². The van der Waals surface area contributed by atoms with E-state index in [9.17, 15) is 12.8 Å². The SMILES string of the molecule is COc1cc(C)ccc1NS(=O)(=O)CCOc1ccc(F)cc1. The van der Waals surface area contributed by atoms with Gasteiger partial charge in [0.15, 0.2) is 0 Å². The Kier molecular flexibility index (Phi) is 5.44. The van der Waals surface area contributed by atoms with Crippen LogP contribution in [0.4, 0.5) is 10.1 Å². The summed E-state index contributed by atoms with van der Waals surface area (Å²) in [5.41, 5.74) is 1.34. The predicted molar refractivity (Wildman–Crippen MR) is 87.0 cm³/mol. The Bertz CT molecular complexity index is 760. The van der Waals surface area contributed by atoms with Crippen molar-refractivity contribution in [1.82, 2.24) is 0 Å². The molecule has 0 saturated carbocycles. The van der Waals surface area contributed by atoms with Gasteiger partial charge >= 0.3 is 0 Å². The van der Waals surface area contributed by atoms with Crippen LogP contribution in [0.25, 0.3) is 0 Å². The van der Waals surface area contributed by atoms with Gasteiger partial charge in [-0.1, -0.05) is 6.07 Å². The Morgan fingerprint density at radius 2 is 1.83 bits per heavy atom. The largest absolute Gasteiger partial charge is 0.495 e. The van der Waals surface area contributed by atoms with Crippen LogP contribution in [-0.4, -0.2) is 27.9 Å². The van der Waals surface area contributed by atoms with E-state index in [1.54, 1.807) is 18.2 Å². The Balaban J connectivity index is 1.95. The number of anilines is 1. The number of sulfonamides is 1. The van der Waals surface area contributed by atoms with Gasteiger partial charge in [-0.25, -0.2) is 12.8 Å². The molecular weight excluding hydrogens is 321 g/mol. The van der Waals surface area contributed by atoms with Crippen molar-refractivity contribution >= 4 is 15.7 Å². The lowest BCUT2D eigenvalue weighted by atomic mass is 10.2. The Hall–Kier alpha value is -2.28. The van der Waals surface area contributed by atoms with E-state index in [1.807, 2.05) is 6.92 Å². The zero-order valence-corrected chi connectivity index (χ0v) is 13.7. The fourth-order valence-electron chi connectivity index (χ4n) is 1.90. The number of nitrogens with one attached hydrogen (secondary N) is 1. The average molecular weight is 339 g/mol. The molecule has 0 amide bonds. The van der Waals surface area contributed by atoms with Gasteiger partial charge in [0.2, 0.25) is 10.0 Å². The molecule has 0 unspecified atom stereocenters. The quantitative estimate of drug-likeness (QED) is 0.842. The lowest BCUT2D eigenvalue weighted by Crippen LogP contribution is -2.21. The summed E-state index contributed by atoms with van der Waals surface area (Å²) in [7, 11) is -2.11. The molecule has 0 fully saturated rings. The average Bonchev–Trinajstić information content (AvgIpc) is 2.50. The molecule has 0 bridgehead atoms. The van der Waals surface area contributed by atoms with Gasteiger partial charge in [0, 0.05) is 0 Å².